The summed E-state index contributed by atoms with van der Waals surface area (Å²) in [6.07, 6.45) is 2.47. The van der Waals surface area contributed by atoms with Gasteiger partial charge in [0.1, 0.15) is 0 Å². The Hall–Kier alpha value is -1.25. The van der Waals surface area contributed by atoms with Crippen molar-refractivity contribution < 1.29 is 18.1 Å². The van der Waals surface area contributed by atoms with E-state index in [2.05, 4.69) is 0 Å². The number of para-hydroxylation sites is 2. The average Bonchev–Trinajstić information content (AvgIpc) is 2.79. The van der Waals surface area contributed by atoms with E-state index >= 15 is 0 Å². The van der Waals surface area contributed by atoms with E-state index in [1.807, 2.05) is 37.3 Å². The van der Waals surface area contributed by atoms with Crippen molar-refractivity contribution in [3.05, 3.63) is 36.1 Å². The van der Waals surface area contributed by atoms with E-state index in [0.717, 1.165) is 5.76 Å². The Labute approximate surface area is 94.0 Å². The van der Waals surface area contributed by atoms with Gasteiger partial charge in [-0.2, -0.15) is 0 Å². The van der Waals surface area contributed by atoms with Gasteiger partial charge in [-0.15, -0.1) is 0 Å². The van der Waals surface area contributed by atoms with Gasteiger partial charge in [-0.05, 0) is 0 Å². The van der Waals surface area contributed by atoms with Crippen LogP contribution in [0.25, 0.3) is 0 Å². The van der Waals surface area contributed by atoms with Crippen LogP contribution < -0.4 is 9.05 Å². The zero-order valence-electron chi connectivity index (χ0n) is 9.17. The molecule has 1 aromatic carbocycles. The monoisotopic (exact) mass is 240 g/mol. The molecule has 0 aromatic heterocycles. The van der Waals surface area contributed by atoms with Crippen LogP contribution in [0, 0.1) is 0 Å². The first-order valence-corrected chi connectivity index (χ1v) is 7.18. The Morgan fingerprint density at radius 2 is 1.75 bits per heavy atom. The topological polar surface area (TPSA) is 36.9 Å². The first-order valence-electron chi connectivity index (χ1n) is 5.09. The van der Waals surface area contributed by atoms with Gasteiger partial charge in [0, 0.05) is 0 Å². The molecule has 4 nitrogen and oxygen atoms in total. The van der Waals surface area contributed by atoms with Crippen LogP contribution in [-0.4, -0.2) is 13.3 Å². The number of benzene rings is 1. The molecule has 0 saturated heterocycles. The van der Waals surface area contributed by atoms with Gasteiger partial charge in [-0.3, -0.25) is 0 Å². The summed E-state index contributed by atoms with van der Waals surface area (Å²) in [5.74, 6) is 2.16. The van der Waals surface area contributed by atoms with Crippen molar-refractivity contribution in [2.75, 3.05) is 13.3 Å². The Morgan fingerprint density at radius 1 is 1.12 bits per heavy atom. The van der Waals surface area contributed by atoms with Gasteiger partial charge in [-0.1, -0.05) is 0 Å². The predicted molar refractivity (Wildman–Crippen MR) is 61.3 cm³/mol. The van der Waals surface area contributed by atoms with E-state index in [0.29, 0.717) is 17.7 Å². The van der Waals surface area contributed by atoms with Crippen LogP contribution >= 0.6 is 7.51 Å². The summed E-state index contributed by atoms with van der Waals surface area (Å²) in [6.45, 7) is 1.87. The molecule has 5 heteroatoms. The maximum atomic E-state index is 5.87. The van der Waals surface area contributed by atoms with Crippen LogP contribution in [0.15, 0.2) is 36.1 Å². The van der Waals surface area contributed by atoms with Crippen LogP contribution in [0.2, 0.25) is 0 Å². The molecule has 0 N–H and O–H groups in total. The average molecular weight is 240 g/mol. The maximum absolute atomic E-state index is 5.87. The van der Waals surface area contributed by atoms with E-state index in [1.165, 1.54) is 0 Å². The molecule has 16 heavy (non-hydrogen) atoms. The SMILES string of the molecule is COP12(CC=C(C)O1)Oc1ccccc1O2. The van der Waals surface area contributed by atoms with E-state index in [4.69, 9.17) is 18.1 Å². The van der Waals surface area contributed by atoms with Crippen molar-refractivity contribution in [1.29, 1.82) is 0 Å². The quantitative estimate of drug-likeness (QED) is 0.706. The first kappa shape index (κ1) is 9.94. The van der Waals surface area contributed by atoms with Gasteiger partial charge in [0.05, 0.1) is 0 Å². The summed E-state index contributed by atoms with van der Waals surface area (Å²) in [4.78, 5) is 0. The fourth-order valence-corrected chi connectivity index (χ4v) is 4.88. The third kappa shape index (κ3) is 1.17. The third-order valence-corrected chi connectivity index (χ3v) is 5.97. The van der Waals surface area contributed by atoms with Crippen LogP contribution in [0.4, 0.5) is 0 Å². The van der Waals surface area contributed by atoms with E-state index in [-0.39, 0.29) is 0 Å². The van der Waals surface area contributed by atoms with Gasteiger partial charge in [0.25, 0.3) is 0 Å². The van der Waals surface area contributed by atoms with Crippen LogP contribution in [-0.2, 0) is 9.05 Å². The fraction of sp³-hybridized carbons (Fsp3) is 0.273. The zero-order valence-corrected chi connectivity index (χ0v) is 10.1. The van der Waals surface area contributed by atoms with Gasteiger partial charge in [0.2, 0.25) is 0 Å². The molecule has 2 aliphatic heterocycles. The van der Waals surface area contributed by atoms with Crippen molar-refractivity contribution in [2.24, 2.45) is 0 Å². The first-order chi connectivity index (χ1) is 7.65. The van der Waals surface area contributed by atoms with Gasteiger partial charge < -0.3 is 0 Å². The molecule has 1 aromatic rings. The van der Waals surface area contributed by atoms with E-state index < -0.39 is 7.51 Å². The molecule has 0 bridgehead atoms. The number of rotatable bonds is 1. The number of allylic oxidation sites excluding steroid dienone is 2. The second-order valence-electron chi connectivity index (χ2n) is 3.86. The van der Waals surface area contributed by atoms with Crippen molar-refractivity contribution in [3.63, 3.8) is 0 Å². The Bertz CT molecular complexity index is 458. The van der Waals surface area contributed by atoms with Gasteiger partial charge in [0.15, 0.2) is 0 Å². The minimum absolute atomic E-state index is 0.530. The van der Waals surface area contributed by atoms with E-state index in [1.54, 1.807) is 7.11 Å². The van der Waals surface area contributed by atoms with Crippen molar-refractivity contribution in [1.82, 2.24) is 0 Å². The Balaban J connectivity index is 2.04. The Kier molecular flexibility index (Phi) is 1.80. The van der Waals surface area contributed by atoms with Crippen LogP contribution in [0.5, 0.6) is 11.5 Å². The zero-order chi connectivity index (χ0) is 11.3. The van der Waals surface area contributed by atoms with Crippen LogP contribution in [0.1, 0.15) is 6.92 Å². The summed E-state index contributed by atoms with van der Waals surface area (Å²) >= 11 is 0. The molecule has 0 atom stereocenters. The number of fused-ring (bicyclic) bond motifs is 1. The number of hydrogen-bond acceptors (Lipinski definition) is 4. The fourth-order valence-electron chi connectivity index (χ4n) is 1.93. The molecule has 0 amide bonds. The van der Waals surface area contributed by atoms with Crippen molar-refractivity contribution in [3.8, 4) is 11.5 Å². The molecule has 0 radical (unpaired) electrons. The number of hydrogen-bond donors (Lipinski definition) is 0. The summed E-state index contributed by atoms with van der Waals surface area (Å²) in [7, 11) is -1.86. The minimum atomic E-state index is -3.43. The Morgan fingerprint density at radius 3 is 2.19 bits per heavy atom. The van der Waals surface area contributed by atoms with Gasteiger partial charge >= 0.3 is 93.4 Å². The molecule has 2 heterocycles. The standard InChI is InChI=1S/C11H13O4P/c1-9-7-8-16(12-2,13-9)14-10-5-3-4-6-11(10)15-16/h3-7H,8H2,1-2H3. The molecule has 1 spiro atoms. The molecule has 0 unspecified atom stereocenters. The molecular weight excluding hydrogens is 227 g/mol. The van der Waals surface area contributed by atoms with Crippen molar-refractivity contribution >= 4 is 7.51 Å². The molecule has 2 aliphatic rings. The summed E-state index contributed by atoms with van der Waals surface area (Å²) in [5.41, 5.74) is 0. The molecule has 86 valence electrons. The van der Waals surface area contributed by atoms with Crippen molar-refractivity contribution in [2.45, 2.75) is 6.92 Å². The molecule has 3 rings (SSSR count). The molecule has 0 aliphatic carbocycles. The van der Waals surface area contributed by atoms with Crippen LogP contribution in [0.3, 0.4) is 0 Å². The second-order valence-corrected chi connectivity index (χ2v) is 7.07. The molecule has 0 saturated carbocycles. The normalized spacial score (nSPS) is 25.6. The van der Waals surface area contributed by atoms with E-state index in [9.17, 15) is 0 Å². The van der Waals surface area contributed by atoms with Gasteiger partial charge in [-0.25, -0.2) is 0 Å². The molecule has 0 fully saturated rings. The summed E-state index contributed by atoms with van der Waals surface area (Å²) in [5, 5.41) is 0. The second kappa shape index (κ2) is 2.90. The summed E-state index contributed by atoms with van der Waals surface area (Å²) in [6, 6.07) is 7.50. The summed E-state index contributed by atoms with van der Waals surface area (Å²) < 4.78 is 23.0. The third-order valence-electron chi connectivity index (χ3n) is 2.75. The predicted octanol–water partition coefficient (Wildman–Crippen LogP) is 3.25. The molecular formula is C11H13O4P.